The maximum absolute atomic E-state index is 11.1. The number of hydrogen-bond donors (Lipinski definition) is 1. The molecule has 0 saturated heterocycles. The number of pyridine rings is 1. The number of nitrogens with zero attached hydrogens (tertiary/aromatic N) is 1. The van der Waals surface area contributed by atoms with E-state index in [9.17, 15) is 9.35 Å². The molecular formula is C8H10N2O2S. The number of amides is 1. The van der Waals surface area contributed by atoms with E-state index in [4.69, 9.17) is 0 Å². The molecule has 0 saturated carbocycles. The average Bonchev–Trinajstić information content (AvgIpc) is 2.03. The van der Waals surface area contributed by atoms with Crippen molar-refractivity contribution in [2.24, 2.45) is 0 Å². The molecule has 1 rings (SSSR count). The summed E-state index contributed by atoms with van der Waals surface area (Å²) in [6.07, 6.45) is 3.09. The van der Waals surface area contributed by atoms with Gasteiger partial charge in [0.15, 0.2) is 4.90 Å². The summed E-state index contributed by atoms with van der Waals surface area (Å²) in [5.74, 6) is 0.242. The van der Waals surface area contributed by atoms with Gasteiger partial charge in [-0.15, -0.1) is 0 Å². The van der Waals surface area contributed by atoms with Crippen LogP contribution in [0.1, 0.15) is 6.92 Å². The first-order valence-electron chi connectivity index (χ1n) is 3.66. The van der Waals surface area contributed by atoms with Crippen molar-refractivity contribution in [2.75, 3.05) is 11.6 Å². The number of hydrogen-bond acceptors (Lipinski definition) is 3. The van der Waals surface area contributed by atoms with Crippen LogP contribution < -0.4 is 5.32 Å². The van der Waals surface area contributed by atoms with Gasteiger partial charge in [-0.1, -0.05) is 0 Å². The Labute approximate surface area is 79.6 Å². The number of carbonyl (C=O) groups excluding carboxylic acids is 1. The zero-order chi connectivity index (χ0) is 9.84. The fraction of sp³-hybridized carbons (Fsp3) is 0.250. The lowest BCUT2D eigenvalue weighted by molar-refractivity contribution is -0.114. The van der Waals surface area contributed by atoms with Crippen molar-refractivity contribution < 1.29 is 9.35 Å². The Bertz CT molecular complexity index is 315. The summed E-state index contributed by atoms with van der Waals surface area (Å²) >= 11 is -1.05. The third-order valence-corrected chi connectivity index (χ3v) is 2.29. The third-order valence-electron chi connectivity index (χ3n) is 1.37. The first-order chi connectivity index (χ1) is 6.09. The van der Waals surface area contributed by atoms with Gasteiger partial charge >= 0.3 is 0 Å². The predicted octanol–water partition coefficient (Wildman–Crippen LogP) is 0.777. The maximum atomic E-state index is 11.1. The van der Waals surface area contributed by atoms with Gasteiger partial charge in [-0.25, -0.2) is 4.98 Å². The van der Waals surface area contributed by atoms with Gasteiger partial charge in [0.2, 0.25) is 5.91 Å². The minimum Gasteiger partial charge on any atom is -0.612 e. The van der Waals surface area contributed by atoms with Crippen molar-refractivity contribution in [3.05, 3.63) is 18.3 Å². The third kappa shape index (κ3) is 3.04. The molecule has 0 aliphatic carbocycles. The Kier molecular flexibility index (Phi) is 3.27. The summed E-state index contributed by atoms with van der Waals surface area (Å²) in [5, 5.41) is 2.52. The van der Waals surface area contributed by atoms with Gasteiger partial charge in [0.25, 0.3) is 0 Å². The molecule has 13 heavy (non-hydrogen) atoms. The van der Waals surface area contributed by atoms with Crippen LogP contribution in [0.15, 0.2) is 23.2 Å². The van der Waals surface area contributed by atoms with Crippen LogP contribution in [0.3, 0.4) is 0 Å². The molecule has 0 fully saturated rings. The summed E-state index contributed by atoms with van der Waals surface area (Å²) in [6, 6.07) is 3.25. The minimum atomic E-state index is -1.05. The van der Waals surface area contributed by atoms with Gasteiger partial charge in [0.05, 0.1) is 0 Å². The monoisotopic (exact) mass is 198 g/mol. The van der Waals surface area contributed by atoms with E-state index < -0.39 is 11.2 Å². The number of carbonyl (C=O) groups is 1. The topological polar surface area (TPSA) is 65.0 Å². The quantitative estimate of drug-likeness (QED) is 0.714. The molecule has 0 radical (unpaired) electrons. The Hall–Kier alpha value is -1.07. The fourth-order valence-corrected chi connectivity index (χ4v) is 1.37. The maximum Gasteiger partial charge on any atom is 0.222 e. The van der Waals surface area contributed by atoms with Crippen LogP contribution in [0.25, 0.3) is 0 Å². The molecule has 1 atom stereocenters. The van der Waals surface area contributed by atoms with Gasteiger partial charge in [0, 0.05) is 25.3 Å². The van der Waals surface area contributed by atoms with Gasteiger partial charge in [-0.05, 0) is 11.2 Å². The van der Waals surface area contributed by atoms with Crippen LogP contribution in [0, 0.1) is 0 Å². The van der Waals surface area contributed by atoms with Gasteiger partial charge < -0.3 is 9.87 Å². The highest BCUT2D eigenvalue weighted by Crippen LogP contribution is 2.11. The summed E-state index contributed by atoms with van der Waals surface area (Å²) in [7, 11) is 0. The highest BCUT2D eigenvalue weighted by atomic mass is 32.2. The molecule has 1 aromatic rings. The van der Waals surface area contributed by atoms with Crippen LogP contribution in [-0.4, -0.2) is 21.7 Å². The number of nitrogens with one attached hydrogen (secondary N) is 1. The van der Waals surface area contributed by atoms with E-state index in [2.05, 4.69) is 10.3 Å². The lowest BCUT2D eigenvalue weighted by Crippen LogP contribution is -2.08. The Balaban J connectivity index is 2.85. The second-order valence-corrected chi connectivity index (χ2v) is 3.89. The van der Waals surface area contributed by atoms with Crippen LogP contribution in [0.4, 0.5) is 5.82 Å². The second kappa shape index (κ2) is 4.25. The molecular weight excluding hydrogens is 188 g/mol. The van der Waals surface area contributed by atoms with Gasteiger partial charge in [-0.2, -0.15) is 0 Å². The SMILES string of the molecule is CC(=O)Nc1cc([S+](C)[O-])ccn1. The summed E-state index contributed by atoms with van der Waals surface area (Å²) < 4.78 is 11.1. The molecule has 1 unspecified atom stereocenters. The number of anilines is 1. The molecule has 0 aliphatic rings. The lowest BCUT2D eigenvalue weighted by Gasteiger charge is -2.05. The van der Waals surface area contributed by atoms with Crippen molar-refractivity contribution in [3.63, 3.8) is 0 Å². The molecule has 0 spiro atoms. The molecule has 70 valence electrons. The smallest absolute Gasteiger partial charge is 0.222 e. The van der Waals surface area contributed by atoms with Crippen molar-refractivity contribution in [1.82, 2.24) is 4.98 Å². The van der Waals surface area contributed by atoms with E-state index in [0.717, 1.165) is 0 Å². The Morgan fingerprint density at radius 2 is 2.38 bits per heavy atom. The van der Waals surface area contributed by atoms with E-state index in [0.29, 0.717) is 10.7 Å². The largest absolute Gasteiger partial charge is 0.612 e. The molecule has 4 nitrogen and oxygen atoms in total. The van der Waals surface area contributed by atoms with Crippen molar-refractivity contribution in [1.29, 1.82) is 0 Å². The van der Waals surface area contributed by atoms with Crippen LogP contribution in [0.5, 0.6) is 0 Å². The first kappa shape index (κ1) is 10.0. The molecule has 0 aliphatic heterocycles. The Morgan fingerprint density at radius 3 is 2.92 bits per heavy atom. The molecule has 0 aromatic carbocycles. The van der Waals surface area contributed by atoms with E-state index in [1.165, 1.54) is 13.1 Å². The van der Waals surface area contributed by atoms with Crippen LogP contribution in [-0.2, 0) is 16.0 Å². The van der Waals surface area contributed by atoms with E-state index in [1.54, 1.807) is 18.4 Å². The molecule has 5 heteroatoms. The average molecular weight is 198 g/mol. The second-order valence-electron chi connectivity index (χ2n) is 2.51. The number of rotatable bonds is 2. The normalized spacial score (nSPS) is 12.2. The predicted molar refractivity (Wildman–Crippen MR) is 50.9 cm³/mol. The Morgan fingerprint density at radius 1 is 1.69 bits per heavy atom. The van der Waals surface area contributed by atoms with E-state index >= 15 is 0 Å². The molecule has 1 aromatic heterocycles. The highest BCUT2D eigenvalue weighted by Gasteiger charge is 2.05. The zero-order valence-corrected chi connectivity index (χ0v) is 8.22. The van der Waals surface area contributed by atoms with Crippen LogP contribution >= 0.6 is 0 Å². The summed E-state index contributed by atoms with van der Waals surface area (Å²) in [4.78, 5) is 15.2. The van der Waals surface area contributed by atoms with Gasteiger partial charge in [0.1, 0.15) is 12.1 Å². The molecule has 1 heterocycles. The van der Waals surface area contributed by atoms with Crippen LogP contribution in [0.2, 0.25) is 0 Å². The van der Waals surface area contributed by atoms with Crippen molar-refractivity contribution >= 4 is 22.9 Å². The fourth-order valence-electron chi connectivity index (χ4n) is 0.839. The minimum absolute atomic E-state index is 0.188. The van der Waals surface area contributed by atoms with E-state index in [1.807, 2.05) is 0 Å². The highest BCUT2D eigenvalue weighted by molar-refractivity contribution is 7.90. The summed E-state index contributed by atoms with van der Waals surface area (Å²) in [5.41, 5.74) is 0. The van der Waals surface area contributed by atoms with Crippen molar-refractivity contribution in [3.8, 4) is 0 Å². The first-order valence-corrected chi connectivity index (χ1v) is 5.22. The van der Waals surface area contributed by atoms with Crippen molar-refractivity contribution in [2.45, 2.75) is 11.8 Å². The molecule has 1 N–H and O–H groups in total. The van der Waals surface area contributed by atoms with E-state index in [-0.39, 0.29) is 5.91 Å². The lowest BCUT2D eigenvalue weighted by atomic mass is 10.4. The summed E-state index contributed by atoms with van der Waals surface area (Å²) in [6.45, 7) is 1.40. The standard InChI is InChI=1S/C8H10N2O2S/c1-6(11)10-8-5-7(13(2)12)3-4-9-8/h3-5H,1-2H3,(H,9,10,11). The van der Waals surface area contributed by atoms with Gasteiger partial charge in [-0.3, -0.25) is 4.79 Å². The molecule has 0 bridgehead atoms. The zero-order valence-electron chi connectivity index (χ0n) is 7.40. The number of aromatic nitrogens is 1. The molecule has 1 amide bonds.